The minimum Gasteiger partial charge on any atom is -0.497 e. The Morgan fingerprint density at radius 3 is 2.49 bits per heavy atom. The summed E-state index contributed by atoms with van der Waals surface area (Å²) in [5.41, 5.74) is -0.249. The number of carbonyl (C=O) groups is 1. The molecule has 1 atom stereocenters. The molecular formula is C28H30F5N3O3. The summed E-state index contributed by atoms with van der Waals surface area (Å²) in [5, 5.41) is 13.3. The number of ether oxygens (including phenoxy) is 1. The highest BCUT2D eigenvalue weighted by Gasteiger charge is 2.41. The van der Waals surface area contributed by atoms with Crippen LogP contribution in [0.5, 0.6) is 5.75 Å². The maximum Gasteiger partial charge on any atom is 0.309 e. The average molecular weight is 552 g/mol. The van der Waals surface area contributed by atoms with Crippen molar-refractivity contribution in [3.8, 4) is 5.75 Å². The molecule has 0 amide bonds. The molecular weight excluding hydrogens is 521 g/mol. The van der Waals surface area contributed by atoms with Gasteiger partial charge in [-0.25, -0.2) is 22.0 Å². The molecule has 1 aliphatic heterocycles. The number of methoxy groups -OCH3 is 1. The third-order valence-corrected chi connectivity index (χ3v) is 7.54. The summed E-state index contributed by atoms with van der Waals surface area (Å²) in [6, 6.07) is 6.69. The normalized spacial score (nSPS) is 16.3. The van der Waals surface area contributed by atoms with E-state index in [0.717, 1.165) is 12.1 Å². The first kappa shape index (κ1) is 28.5. The van der Waals surface area contributed by atoms with Gasteiger partial charge in [0.1, 0.15) is 18.6 Å². The lowest BCUT2D eigenvalue weighted by Gasteiger charge is -2.39. The van der Waals surface area contributed by atoms with Gasteiger partial charge in [0, 0.05) is 53.6 Å². The maximum atomic E-state index is 15.7. The summed E-state index contributed by atoms with van der Waals surface area (Å²) < 4.78 is 74.6. The number of anilines is 1. The van der Waals surface area contributed by atoms with E-state index in [-0.39, 0.29) is 42.5 Å². The van der Waals surface area contributed by atoms with E-state index in [4.69, 9.17) is 4.74 Å². The molecule has 2 heterocycles. The molecule has 210 valence electrons. The van der Waals surface area contributed by atoms with Crippen LogP contribution < -0.4 is 10.1 Å². The van der Waals surface area contributed by atoms with Crippen molar-refractivity contribution in [3.05, 3.63) is 65.1 Å². The van der Waals surface area contributed by atoms with Crippen LogP contribution >= 0.6 is 0 Å². The Kier molecular flexibility index (Phi) is 8.89. The number of hydrogen-bond acceptors (Lipinski definition) is 5. The third-order valence-electron chi connectivity index (χ3n) is 7.54. The number of piperidine rings is 1. The Morgan fingerprint density at radius 1 is 1.18 bits per heavy atom. The number of benzene rings is 2. The van der Waals surface area contributed by atoms with Crippen LogP contribution in [0.4, 0.5) is 27.6 Å². The quantitative estimate of drug-likeness (QED) is 0.218. The standard InChI is InChI=1S/C28H30F5N3O3/c1-39-19-2-3-24-20(14-19)25(17(15-29)16-35-24)21(30)4-5-28(27(37)38)6-9-36(10-7-28)11-8-34-18-12-22(31)26(33)23(32)13-18/h2-3,12-14,16,21,34H,4-11,15H2,1H3,(H,37,38). The predicted molar refractivity (Wildman–Crippen MR) is 137 cm³/mol. The molecule has 2 aromatic carbocycles. The first-order chi connectivity index (χ1) is 18.7. The minimum atomic E-state index is -1.59. The number of pyridine rings is 1. The second-order valence-corrected chi connectivity index (χ2v) is 9.83. The van der Waals surface area contributed by atoms with Crippen molar-refractivity contribution in [2.24, 2.45) is 5.41 Å². The second-order valence-electron chi connectivity index (χ2n) is 9.83. The van der Waals surface area contributed by atoms with Crippen LogP contribution in [0.1, 0.15) is 43.0 Å². The highest BCUT2D eigenvalue weighted by molar-refractivity contribution is 5.85. The summed E-state index contributed by atoms with van der Waals surface area (Å²) in [7, 11) is 1.47. The van der Waals surface area contributed by atoms with Gasteiger partial charge in [-0.1, -0.05) is 0 Å². The molecule has 39 heavy (non-hydrogen) atoms. The number of nitrogens with zero attached hydrogens (tertiary/aromatic N) is 2. The predicted octanol–water partition coefficient (Wildman–Crippen LogP) is 6.20. The Hall–Kier alpha value is -3.47. The van der Waals surface area contributed by atoms with E-state index in [1.165, 1.54) is 13.3 Å². The molecule has 1 saturated heterocycles. The molecule has 6 nitrogen and oxygen atoms in total. The van der Waals surface area contributed by atoms with Crippen LogP contribution in [0.15, 0.2) is 36.5 Å². The summed E-state index contributed by atoms with van der Waals surface area (Å²) in [4.78, 5) is 18.5. The number of alkyl halides is 2. The fraction of sp³-hybridized carbons (Fsp3) is 0.429. The van der Waals surface area contributed by atoms with Crippen LogP contribution in [-0.4, -0.2) is 54.2 Å². The number of rotatable bonds is 11. The van der Waals surface area contributed by atoms with Gasteiger partial charge in [0.2, 0.25) is 0 Å². The van der Waals surface area contributed by atoms with Crippen LogP contribution in [0, 0.1) is 22.9 Å². The van der Waals surface area contributed by atoms with Gasteiger partial charge in [0.15, 0.2) is 17.5 Å². The first-order valence-electron chi connectivity index (χ1n) is 12.7. The van der Waals surface area contributed by atoms with Crippen LogP contribution in [-0.2, 0) is 11.5 Å². The largest absolute Gasteiger partial charge is 0.497 e. The second kappa shape index (κ2) is 12.1. The Balaban J connectivity index is 1.38. The lowest BCUT2D eigenvalue weighted by Crippen LogP contribution is -2.45. The SMILES string of the molecule is COc1ccc2ncc(CF)c(C(F)CCC3(C(=O)O)CCN(CCNc4cc(F)c(F)c(F)c4)CC3)c2c1. The lowest BCUT2D eigenvalue weighted by atomic mass is 9.74. The first-order valence-corrected chi connectivity index (χ1v) is 12.7. The average Bonchev–Trinajstić information content (AvgIpc) is 2.94. The van der Waals surface area contributed by atoms with Gasteiger partial charge in [-0.3, -0.25) is 9.78 Å². The number of carboxylic acid groups (broad SMARTS) is 1. The van der Waals surface area contributed by atoms with Gasteiger partial charge in [0.05, 0.1) is 18.0 Å². The molecule has 0 saturated carbocycles. The van der Waals surface area contributed by atoms with Gasteiger partial charge in [-0.15, -0.1) is 0 Å². The molecule has 3 aromatic rings. The van der Waals surface area contributed by atoms with E-state index in [9.17, 15) is 27.5 Å². The zero-order valence-corrected chi connectivity index (χ0v) is 21.5. The van der Waals surface area contributed by atoms with Gasteiger partial charge in [-0.05, 0) is 57.0 Å². The van der Waals surface area contributed by atoms with Gasteiger partial charge in [0.25, 0.3) is 0 Å². The number of aromatic nitrogens is 1. The van der Waals surface area contributed by atoms with E-state index in [0.29, 0.717) is 42.8 Å². The number of hydrogen-bond donors (Lipinski definition) is 2. The minimum absolute atomic E-state index is 0.0727. The van der Waals surface area contributed by atoms with Crippen LogP contribution in [0.25, 0.3) is 10.9 Å². The lowest BCUT2D eigenvalue weighted by molar-refractivity contribution is -0.153. The Bertz CT molecular complexity index is 1300. The van der Waals surface area contributed by atoms with Crippen molar-refractivity contribution in [2.45, 2.75) is 38.5 Å². The molecule has 0 spiro atoms. The van der Waals surface area contributed by atoms with Crippen molar-refractivity contribution >= 4 is 22.6 Å². The molecule has 1 aromatic heterocycles. The molecule has 1 unspecified atom stereocenters. The molecule has 4 rings (SSSR count). The monoisotopic (exact) mass is 551 g/mol. The molecule has 0 radical (unpaired) electrons. The Labute approximate surface area is 222 Å². The van der Waals surface area contributed by atoms with E-state index >= 15 is 4.39 Å². The number of carboxylic acids is 1. The van der Waals surface area contributed by atoms with Crippen molar-refractivity contribution < 1.29 is 36.6 Å². The third kappa shape index (κ3) is 6.24. The molecule has 11 heteroatoms. The molecule has 1 aliphatic rings. The maximum absolute atomic E-state index is 15.7. The summed E-state index contributed by atoms with van der Waals surface area (Å²) in [6.45, 7) is 0.735. The van der Waals surface area contributed by atoms with Crippen molar-refractivity contribution in [1.29, 1.82) is 0 Å². The number of fused-ring (bicyclic) bond motifs is 1. The number of nitrogens with one attached hydrogen (secondary N) is 1. The summed E-state index contributed by atoms with van der Waals surface area (Å²) in [6.07, 6.45) is 0.265. The molecule has 2 N–H and O–H groups in total. The molecule has 0 bridgehead atoms. The molecule has 0 aliphatic carbocycles. The smallest absolute Gasteiger partial charge is 0.309 e. The number of aliphatic carboxylic acids is 1. The van der Waals surface area contributed by atoms with E-state index in [1.54, 1.807) is 18.2 Å². The highest BCUT2D eigenvalue weighted by Crippen LogP contribution is 2.41. The van der Waals surface area contributed by atoms with Crippen molar-refractivity contribution in [1.82, 2.24) is 9.88 Å². The zero-order chi connectivity index (χ0) is 28.2. The van der Waals surface area contributed by atoms with E-state index in [2.05, 4.69) is 10.3 Å². The highest BCUT2D eigenvalue weighted by atomic mass is 19.2. The van der Waals surface area contributed by atoms with Crippen molar-refractivity contribution in [2.75, 3.05) is 38.6 Å². The number of halogens is 5. The summed E-state index contributed by atoms with van der Waals surface area (Å²) in [5.74, 6) is -4.63. The van der Waals surface area contributed by atoms with E-state index in [1.807, 2.05) is 4.90 Å². The van der Waals surface area contributed by atoms with Crippen molar-refractivity contribution in [3.63, 3.8) is 0 Å². The fourth-order valence-electron chi connectivity index (χ4n) is 5.18. The van der Waals surface area contributed by atoms with Crippen LogP contribution in [0.2, 0.25) is 0 Å². The van der Waals surface area contributed by atoms with E-state index < -0.39 is 41.7 Å². The topological polar surface area (TPSA) is 74.7 Å². The van der Waals surface area contributed by atoms with Gasteiger partial charge < -0.3 is 20.1 Å². The van der Waals surface area contributed by atoms with Gasteiger partial charge >= 0.3 is 5.97 Å². The van der Waals surface area contributed by atoms with Crippen LogP contribution in [0.3, 0.4) is 0 Å². The fourth-order valence-corrected chi connectivity index (χ4v) is 5.18. The summed E-state index contributed by atoms with van der Waals surface area (Å²) >= 11 is 0. The van der Waals surface area contributed by atoms with Gasteiger partial charge in [-0.2, -0.15) is 0 Å². The number of likely N-dealkylation sites (tertiary alicyclic amines) is 1. The zero-order valence-electron chi connectivity index (χ0n) is 21.5. The Morgan fingerprint density at radius 2 is 1.87 bits per heavy atom. The molecule has 1 fully saturated rings.